The molecule has 0 saturated carbocycles. The predicted molar refractivity (Wildman–Crippen MR) is 79.1 cm³/mol. The van der Waals surface area contributed by atoms with Crippen LogP contribution in [-0.4, -0.2) is 27.7 Å². The van der Waals surface area contributed by atoms with Crippen molar-refractivity contribution in [2.45, 2.75) is 32.6 Å². The van der Waals surface area contributed by atoms with Crippen LogP contribution < -0.4 is 4.74 Å². The molecule has 0 fully saturated rings. The Morgan fingerprint density at radius 3 is 2.75 bits per heavy atom. The van der Waals surface area contributed by atoms with Gasteiger partial charge < -0.3 is 4.74 Å². The van der Waals surface area contributed by atoms with E-state index in [4.69, 9.17) is 4.74 Å². The molecule has 0 radical (unpaired) electrons. The van der Waals surface area contributed by atoms with E-state index in [0.29, 0.717) is 0 Å². The third-order valence-electron chi connectivity index (χ3n) is 2.91. The molecule has 2 rings (SSSR count). The third-order valence-corrected chi connectivity index (χ3v) is 2.91. The second kappa shape index (κ2) is 8.09. The van der Waals surface area contributed by atoms with E-state index in [1.54, 1.807) is 23.5 Å². The summed E-state index contributed by atoms with van der Waals surface area (Å²) in [5, 5.41) is 11.6. The lowest BCUT2D eigenvalue weighted by molar-refractivity contribution is 0.304. The highest BCUT2D eigenvalue weighted by Crippen LogP contribution is 2.16. The number of para-hydroxylation sites is 1. The molecule has 1 aromatic heterocycles. The van der Waals surface area contributed by atoms with Gasteiger partial charge in [-0.25, -0.2) is 4.68 Å². The lowest BCUT2D eigenvalue weighted by Gasteiger charge is -2.08. The zero-order valence-corrected chi connectivity index (χ0v) is 11.8. The molecule has 2 aromatic rings. The van der Waals surface area contributed by atoms with Gasteiger partial charge in [0.1, 0.15) is 18.4 Å². The Kier molecular flexibility index (Phi) is 5.76. The van der Waals surface area contributed by atoms with Gasteiger partial charge in [0.15, 0.2) is 0 Å². The van der Waals surface area contributed by atoms with Crippen molar-refractivity contribution in [3.05, 3.63) is 42.5 Å². The molecule has 0 aliphatic rings. The lowest BCUT2D eigenvalue weighted by Crippen LogP contribution is -2.00. The van der Waals surface area contributed by atoms with Crippen LogP contribution in [0, 0.1) is 0 Å². The standard InChI is InChI=1S/C15H20N4O/c1-2-3-4-7-10-20-15-9-6-5-8-14(15)11-18-19-12-16-17-13-19/h5-6,8-9,11-13H,2-4,7,10H2,1H3. The fourth-order valence-electron chi connectivity index (χ4n) is 1.81. The van der Waals surface area contributed by atoms with Crippen molar-refractivity contribution in [3.8, 4) is 5.75 Å². The third kappa shape index (κ3) is 4.50. The largest absolute Gasteiger partial charge is 0.493 e. The van der Waals surface area contributed by atoms with Crippen molar-refractivity contribution < 1.29 is 4.74 Å². The molecule has 1 heterocycles. The zero-order chi connectivity index (χ0) is 14.0. The Morgan fingerprint density at radius 1 is 1.15 bits per heavy atom. The summed E-state index contributed by atoms with van der Waals surface area (Å²) in [7, 11) is 0. The Balaban J connectivity index is 1.92. The van der Waals surface area contributed by atoms with E-state index in [2.05, 4.69) is 22.2 Å². The highest BCUT2D eigenvalue weighted by molar-refractivity contribution is 5.83. The van der Waals surface area contributed by atoms with Gasteiger partial charge in [-0.15, -0.1) is 10.2 Å². The van der Waals surface area contributed by atoms with E-state index in [0.717, 1.165) is 24.3 Å². The minimum absolute atomic E-state index is 0.748. The summed E-state index contributed by atoms with van der Waals surface area (Å²) in [6.07, 6.45) is 9.65. The van der Waals surface area contributed by atoms with Crippen LogP contribution in [0.15, 0.2) is 42.0 Å². The second-order valence-corrected chi connectivity index (χ2v) is 4.53. The molecule has 5 heteroatoms. The monoisotopic (exact) mass is 272 g/mol. The van der Waals surface area contributed by atoms with Crippen molar-refractivity contribution in [3.63, 3.8) is 0 Å². The van der Waals surface area contributed by atoms with E-state index in [1.807, 2.05) is 24.3 Å². The van der Waals surface area contributed by atoms with Crippen LogP contribution in [-0.2, 0) is 0 Å². The average molecular weight is 272 g/mol. The maximum absolute atomic E-state index is 5.82. The molecular formula is C15H20N4O. The van der Waals surface area contributed by atoms with E-state index in [1.165, 1.54) is 19.3 Å². The first-order valence-electron chi connectivity index (χ1n) is 7.01. The molecule has 106 valence electrons. The summed E-state index contributed by atoms with van der Waals surface area (Å²) in [5.74, 6) is 0.862. The van der Waals surface area contributed by atoms with Crippen LogP contribution in [0.1, 0.15) is 38.2 Å². The maximum Gasteiger partial charge on any atom is 0.141 e. The molecule has 0 aliphatic heterocycles. The van der Waals surface area contributed by atoms with Crippen molar-refractivity contribution >= 4 is 6.21 Å². The van der Waals surface area contributed by atoms with Crippen LogP contribution in [0.25, 0.3) is 0 Å². The van der Waals surface area contributed by atoms with E-state index in [-0.39, 0.29) is 0 Å². The smallest absolute Gasteiger partial charge is 0.141 e. The van der Waals surface area contributed by atoms with Crippen LogP contribution in [0.2, 0.25) is 0 Å². The van der Waals surface area contributed by atoms with Crippen LogP contribution in [0.5, 0.6) is 5.75 Å². The Bertz CT molecular complexity index is 522. The molecule has 0 aliphatic carbocycles. The summed E-state index contributed by atoms with van der Waals surface area (Å²) in [6, 6.07) is 7.89. The molecule has 0 N–H and O–H groups in total. The van der Waals surface area contributed by atoms with Gasteiger partial charge in [-0.3, -0.25) is 0 Å². The van der Waals surface area contributed by atoms with Gasteiger partial charge in [0.2, 0.25) is 0 Å². The molecule has 0 spiro atoms. The molecule has 0 saturated heterocycles. The zero-order valence-electron chi connectivity index (χ0n) is 11.8. The van der Waals surface area contributed by atoms with E-state index < -0.39 is 0 Å². The molecule has 0 bridgehead atoms. The molecule has 0 unspecified atom stereocenters. The van der Waals surface area contributed by atoms with Crippen molar-refractivity contribution in [2.24, 2.45) is 5.10 Å². The predicted octanol–water partition coefficient (Wildman–Crippen LogP) is 3.12. The summed E-state index contributed by atoms with van der Waals surface area (Å²) in [5.41, 5.74) is 0.955. The van der Waals surface area contributed by atoms with Gasteiger partial charge in [0.25, 0.3) is 0 Å². The molecule has 0 amide bonds. The number of rotatable bonds is 8. The van der Waals surface area contributed by atoms with Gasteiger partial charge in [0, 0.05) is 5.56 Å². The van der Waals surface area contributed by atoms with Crippen molar-refractivity contribution in [2.75, 3.05) is 6.61 Å². The first-order valence-corrected chi connectivity index (χ1v) is 7.01. The molecule has 5 nitrogen and oxygen atoms in total. The molecular weight excluding hydrogens is 252 g/mol. The van der Waals surface area contributed by atoms with Crippen molar-refractivity contribution in [1.82, 2.24) is 14.9 Å². The Labute approximate surface area is 119 Å². The quantitative estimate of drug-likeness (QED) is 0.548. The second-order valence-electron chi connectivity index (χ2n) is 4.53. The van der Waals surface area contributed by atoms with E-state index >= 15 is 0 Å². The number of ether oxygens (including phenoxy) is 1. The van der Waals surface area contributed by atoms with Gasteiger partial charge in [0.05, 0.1) is 12.8 Å². The van der Waals surface area contributed by atoms with Gasteiger partial charge in [-0.2, -0.15) is 5.10 Å². The van der Waals surface area contributed by atoms with Gasteiger partial charge in [-0.05, 0) is 18.6 Å². The summed E-state index contributed by atoms with van der Waals surface area (Å²) in [6.45, 7) is 2.95. The minimum Gasteiger partial charge on any atom is -0.493 e. The fraction of sp³-hybridized carbons (Fsp3) is 0.400. The Hall–Kier alpha value is -2.17. The highest BCUT2D eigenvalue weighted by atomic mass is 16.5. The summed E-state index contributed by atoms with van der Waals surface area (Å²) < 4.78 is 7.38. The average Bonchev–Trinajstić information content (AvgIpc) is 2.99. The maximum atomic E-state index is 5.82. The van der Waals surface area contributed by atoms with E-state index in [9.17, 15) is 0 Å². The summed E-state index contributed by atoms with van der Waals surface area (Å²) in [4.78, 5) is 0. The summed E-state index contributed by atoms with van der Waals surface area (Å²) >= 11 is 0. The van der Waals surface area contributed by atoms with Crippen LogP contribution in [0.4, 0.5) is 0 Å². The minimum atomic E-state index is 0.748. The first kappa shape index (κ1) is 14.2. The first-order chi connectivity index (χ1) is 9.90. The number of benzene rings is 1. The van der Waals surface area contributed by atoms with Crippen molar-refractivity contribution in [1.29, 1.82) is 0 Å². The van der Waals surface area contributed by atoms with Gasteiger partial charge in [-0.1, -0.05) is 38.3 Å². The highest BCUT2D eigenvalue weighted by Gasteiger charge is 2.00. The van der Waals surface area contributed by atoms with Crippen LogP contribution >= 0.6 is 0 Å². The normalized spacial score (nSPS) is 11.1. The number of hydrogen-bond donors (Lipinski definition) is 0. The number of nitrogens with zero attached hydrogens (tertiary/aromatic N) is 4. The molecule has 1 aromatic carbocycles. The SMILES string of the molecule is CCCCCCOc1ccccc1C=Nn1cnnc1. The van der Waals surface area contributed by atoms with Gasteiger partial charge >= 0.3 is 0 Å². The molecule has 20 heavy (non-hydrogen) atoms. The lowest BCUT2D eigenvalue weighted by atomic mass is 10.2. The topological polar surface area (TPSA) is 52.3 Å². The number of unbranched alkanes of at least 4 members (excludes halogenated alkanes) is 3. The Morgan fingerprint density at radius 2 is 1.95 bits per heavy atom. The van der Waals surface area contributed by atoms with Crippen LogP contribution in [0.3, 0.4) is 0 Å². The fourth-order valence-corrected chi connectivity index (χ4v) is 1.81. The molecule has 0 atom stereocenters. The number of hydrogen-bond acceptors (Lipinski definition) is 4. The number of aromatic nitrogens is 3.